The van der Waals surface area contributed by atoms with Gasteiger partial charge in [-0.05, 0) is 61.6 Å². The first-order valence-corrected chi connectivity index (χ1v) is 13.8. The SMILES string of the molecule is C[C@H](C(=O)c1ccc(Cl)cc1)N(C(=O)c1ccccc1Cl)N1C(=O)[C@@H]2[C@H]3C[C@@H]([C@H](Br)[C@H]3Br)[C@H]2C1=O. The van der Waals surface area contributed by atoms with Crippen molar-refractivity contribution in [1.82, 2.24) is 10.0 Å². The van der Waals surface area contributed by atoms with Gasteiger partial charge in [-0.2, -0.15) is 5.01 Å². The molecule has 3 aliphatic rings. The lowest BCUT2D eigenvalue weighted by molar-refractivity contribution is -0.157. The first-order chi connectivity index (χ1) is 16.6. The molecule has 2 aromatic carbocycles. The van der Waals surface area contributed by atoms with Crippen LogP contribution < -0.4 is 0 Å². The summed E-state index contributed by atoms with van der Waals surface area (Å²) < 4.78 is 0. The molecule has 1 aliphatic heterocycles. The third-order valence-electron chi connectivity index (χ3n) is 7.37. The summed E-state index contributed by atoms with van der Waals surface area (Å²) in [5.41, 5.74) is 0.404. The number of imide groups is 1. The largest absolute Gasteiger partial charge is 0.292 e. The van der Waals surface area contributed by atoms with Crippen LogP contribution in [0.3, 0.4) is 0 Å². The monoisotopic (exact) mass is 640 g/mol. The van der Waals surface area contributed by atoms with Crippen LogP contribution in [0.25, 0.3) is 0 Å². The summed E-state index contributed by atoms with van der Waals surface area (Å²) in [5.74, 6) is -3.16. The van der Waals surface area contributed by atoms with Gasteiger partial charge in [0.25, 0.3) is 17.7 Å². The summed E-state index contributed by atoms with van der Waals surface area (Å²) in [7, 11) is 0. The van der Waals surface area contributed by atoms with Crippen LogP contribution in [-0.2, 0) is 9.59 Å². The van der Waals surface area contributed by atoms with E-state index in [4.69, 9.17) is 23.2 Å². The molecule has 2 aromatic rings. The quantitative estimate of drug-likeness (QED) is 0.249. The molecule has 2 aliphatic carbocycles. The van der Waals surface area contributed by atoms with Gasteiger partial charge in [0.1, 0.15) is 6.04 Å². The average Bonchev–Trinajstić information content (AvgIpc) is 3.45. The number of carbonyl (C=O) groups is 4. The normalized spacial score (nSPS) is 29.9. The van der Waals surface area contributed by atoms with Crippen molar-refractivity contribution in [3.8, 4) is 0 Å². The molecule has 0 unspecified atom stereocenters. The molecule has 182 valence electrons. The van der Waals surface area contributed by atoms with E-state index in [2.05, 4.69) is 31.9 Å². The summed E-state index contributed by atoms with van der Waals surface area (Å²) in [6.45, 7) is 1.51. The van der Waals surface area contributed by atoms with Crippen molar-refractivity contribution >= 4 is 78.6 Å². The summed E-state index contributed by atoms with van der Waals surface area (Å²) in [4.78, 5) is 54.8. The number of hydrogen-bond donors (Lipinski definition) is 0. The van der Waals surface area contributed by atoms with Crippen molar-refractivity contribution in [2.24, 2.45) is 23.7 Å². The van der Waals surface area contributed by atoms with Crippen LogP contribution >= 0.6 is 55.1 Å². The summed E-state index contributed by atoms with van der Waals surface area (Å²) >= 11 is 19.6. The Hall–Kier alpha value is -1.74. The number of alkyl halides is 2. The van der Waals surface area contributed by atoms with E-state index in [1.165, 1.54) is 13.0 Å². The summed E-state index contributed by atoms with van der Waals surface area (Å²) in [5, 5.41) is 2.52. The van der Waals surface area contributed by atoms with Crippen molar-refractivity contribution < 1.29 is 19.2 Å². The van der Waals surface area contributed by atoms with Crippen molar-refractivity contribution in [2.45, 2.75) is 29.0 Å². The Bertz CT molecular complexity index is 1210. The Morgan fingerprint density at radius 2 is 1.49 bits per heavy atom. The third kappa shape index (κ3) is 3.88. The molecule has 3 amide bonds. The number of Topliss-reactive ketones (excluding diaryl/α,β-unsaturated/α-hetero) is 1. The van der Waals surface area contributed by atoms with Gasteiger partial charge < -0.3 is 0 Å². The molecule has 2 bridgehead atoms. The molecule has 0 aromatic heterocycles. The predicted molar refractivity (Wildman–Crippen MR) is 139 cm³/mol. The highest BCUT2D eigenvalue weighted by Crippen LogP contribution is 2.60. The van der Waals surface area contributed by atoms with Gasteiger partial charge in [-0.25, -0.2) is 5.01 Å². The first-order valence-electron chi connectivity index (χ1n) is 11.2. The second kappa shape index (κ2) is 9.29. The number of hydrogen-bond acceptors (Lipinski definition) is 4. The zero-order valence-corrected chi connectivity index (χ0v) is 23.1. The van der Waals surface area contributed by atoms with E-state index < -0.39 is 41.4 Å². The fourth-order valence-electron chi connectivity index (χ4n) is 5.71. The molecule has 1 heterocycles. The Balaban J connectivity index is 1.56. The minimum absolute atomic E-state index is 0.0321. The summed E-state index contributed by atoms with van der Waals surface area (Å²) in [6, 6.07) is 11.5. The maximum absolute atomic E-state index is 13.8. The van der Waals surface area contributed by atoms with Crippen LogP contribution in [0.2, 0.25) is 10.0 Å². The molecule has 5 rings (SSSR count). The Labute approximate surface area is 229 Å². The van der Waals surface area contributed by atoms with Gasteiger partial charge >= 0.3 is 0 Å². The standard InChI is InChI=1S/C25H20Br2Cl2N2O4/c1-11(22(32)12-6-8-13(28)9-7-12)30(23(33)14-4-2-3-5-17(14)29)31-24(34)18-15-10-16(19(18)25(31)35)21(27)20(15)26/h2-9,11,15-16,18-21H,10H2,1H3/t11-,15-,16-,18-,19-,20+,21+/m1/s1. The van der Waals surface area contributed by atoms with Crippen LogP contribution in [0, 0.1) is 23.7 Å². The van der Waals surface area contributed by atoms with Gasteiger partial charge in [-0.15, -0.1) is 0 Å². The number of rotatable bonds is 5. The number of ketones is 1. The first kappa shape index (κ1) is 24.9. The number of benzene rings is 2. The topological polar surface area (TPSA) is 74.8 Å². The van der Waals surface area contributed by atoms with E-state index in [0.717, 1.165) is 16.4 Å². The molecular weight excluding hydrogens is 623 g/mol. The van der Waals surface area contributed by atoms with Gasteiger partial charge in [0.05, 0.1) is 22.4 Å². The molecule has 6 nitrogen and oxygen atoms in total. The minimum atomic E-state index is -1.15. The highest BCUT2D eigenvalue weighted by Gasteiger charge is 2.68. The highest BCUT2D eigenvalue weighted by atomic mass is 79.9. The molecule has 0 radical (unpaired) electrons. The lowest BCUT2D eigenvalue weighted by atomic mass is 9.81. The van der Waals surface area contributed by atoms with E-state index >= 15 is 0 Å². The molecule has 7 atom stereocenters. The molecule has 2 saturated carbocycles. The van der Waals surface area contributed by atoms with Crippen molar-refractivity contribution in [2.75, 3.05) is 0 Å². The van der Waals surface area contributed by atoms with Crippen LogP contribution in [0.4, 0.5) is 0 Å². The lowest BCUT2D eigenvalue weighted by Crippen LogP contribution is -2.57. The smallest absolute Gasteiger partial charge is 0.275 e. The fourth-order valence-corrected chi connectivity index (χ4v) is 7.93. The molecule has 0 spiro atoms. The second-order valence-corrected chi connectivity index (χ2v) is 12.1. The van der Waals surface area contributed by atoms with Gasteiger partial charge in [-0.1, -0.05) is 67.2 Å². The minimum Gasteiger partial charge on any atom is -0.292 e. The van der Waals surface area contributed by atoms with Crippen molar-refractivity contribution in [3.05, 3.63) is 69.7 Å². The molecule has 35 heavy (non-hydrogen) atoms. The average molecular weight is 643 g/mol. The van der Waals surface area contributed by atoms with Gasteiger partial charge in [0.15, 0.2) is 5.78 Å². The van der Waals surface area contributed by atoms with E-state index in [1.807, 2.05) is 0 Å². The van der Waals surface area contributed by atoms with Crippen LogP contribution in [0.15, 0.2) is 48.5 Å². The molecule has 3 fully saturated rings. The van der Waals surface area contributed by atoms with Gasteiger partial charge in [-0.3, -0.25) is 19.2 Å². The maximum atomic E-state index is 13.8. The lowest BCUT2D eigenvalue weighted by Gasteiger charge is -2.35. The number of fused-ring (bicyclic) bond motifs is 5. The van der Waals surface area contributed by atoms with Gasteiger partial charge in [0.2, 0.25) is 0 Å². The van der Waals surface area contributed by atoms with E-state index in [0.29, 0.717) is 10.6 Å². The van der Waals surface area contributed by atoms with Crippen LogP contribution in [-0.4, -0.2) is 49.2 Å². The fraction of sp³-hybridized carbons (Fsp3) is 0.360. The highest BCUT2D eigenvalue weighted by molar-refractivity contribution is 9.12. The van der Waals surface area contributed by atoms with Crippen molar-refractivity contribution in [1.29, 1.82) is 0 Å². The Morgan fingerprint density at radius 3 is 2.03 bits per heavy atom. The number of halogens is 4. The van der Waals surface area contributed by atoms with E-state index in [1.54, 1.807) is 42.5 Å². The van der Waals surface area contributed by atoms with Gasteiger partial charge in [0, 0.05) is 20.2 Å². The van der Waals surface area contributed by atoms with E-state index in [-0.39, 0.29) is 32.1 Å². The number of nitrogens with zero attached hydrogens (tertiary/aromatic N) is 2. The summed E-state index contributed by atoms with van der Waals surface area (Å²) in [6.07, 6.45) is 0.754. The zero-order chi connectivity index (χ0) is 25.2. The number of carbonyl (C=O) groups excluding carboxylic acids is 4. The van der Waals surface area contributed by atoms with E-state index in [9.17, 15) is 19.2 Å². The predicted octanol–water partition coefficient (Wildman–Crippen LogP) is 5.40. The Kier molecular flexibility index (Phi) is 6.62. The molecular formula is C25H20Br2Cl2N2O4. The van der Waals surface area contributed by atoms with Crippen LogP contribution in [0.5, 0.6) is 0 Å². The zero-order valence-electron chi connectivity index (χ0n) is 18.4. The number of hydrazine groups is 1. The maximum Gasteiger partial charge on any atom is 0.275 e. The molecule has 10 heteroatoms. The molecule has 1 saturated heterocycles. The third-order valence-corrected chi connectivity index (χ3v) is 11.2. The second-order valence-electron chi connectivity index (χ2n) is 9.17. The van der Waals surface area contributed by atoms with Crippen LogP contribution in [0.1, 0.15) is 34.1 Å². The number of amides is 3. The van der Waals surface area contributed by atoms with Crippen molar-refractivity contribution in [3.63, 3.8) is 0 Å². The Morgan fingerprint density at radius 1 is 0.943 bits per heavy atom. The molecule has 0 N–H and O–H groups in total.